The van der Waals surface area contributed by atoms with E-state index >= 15 is 0 Å². The molecule has 9 nitrogen and oxygen atoms in total. The van der Waals surface area contributed by atoms with Crippen LogP contribution in [0.5, 0.6) is 5.75 Å². The summed E-state index contributed by atoms with van der Waals surface area (Å²) in [5.74, 6) is 0.343. The van der Waals surface area contributed by atoms with Crippen LogP contribution in [0.1, 0.15) is 56.0 Å². The van der Waals surface area contributed by atoms with E-state index in [0.29, 0.717) is 40.2 Å². The van der Waals surface area contributed by atoms with Gasteiger partial charge in [0.15, 0.2) is 12.4 Å². The highest BCUT2D eigenvalue weighted by Crippen LogP contribution is 2.34. The summed E-state index contributed by atoms with van der Waals surface area (Å²) in [5.41, 5.74) is 2.85. The molecule has 0 saturated heterocycles. The summed E-state index contributed by atoms with van der Waals surface area (Å²) >= 11 is 6.10. The number of benzene rings is 2. The molecule has 1 unspecified atom stereocenters. The van der Waals surface area contributed by atoms with E-state index in [1.54, 1.807) is 24.3 Å². The SMILES string of the molecule is CC.CCNC(=O)CC1N=C(c2ccc(Cl)cc2)c2cc(OCC(=O)O)ccc2-n2c(C)nnc21. The largest absolute Gasteiger partial charge is 0.482 e. The smallest absolute Gasteiger partial charge is 0.341 e. The number of ether oxygens (including phenoxy) is 1. The minimum absolute atomic E-state index is 0.0966. The maximum absolute atomic E-state index is 12.5. The summed E-state index contributed by atoms with van der Waals surface area (Å²) in [7, 11) is 0. The average molecular weight is 498 g/mol. The molecule has 10 heteroatoms. The molecule has 35 heavy (non-hydrogen) atoms. The van der Waals surface area contributed by atoms with Crippen LogP contribution in [0.15, 0.2) is 47.5 Å². The van der Waals surface area contributed by atoms with Gasteiger partial charge in [-0.3, -0.25) is 14.4 Å². The minimum atomic E-state index is -1.07. The van der Waals surface area contributed by atoms with Gasteiger partial charge in [-0.1, -0.05) is 37.6 Å². The Morgan fingerprint density at radius 1 is 1.14 bits per heavy atom. The molecular formula is C25H28ClN5O4. The first-order valence-corrected chi connectivity index (χ1v) is 11.8. The summed E-state index contributed by atoms with van der Waals surface area (Å²) < 4.78 is 7.29. The fourth-order valence-electron chi connectivity index (χ4n) is 3.73. The predicted octanol–water partition coefficient (Wildman–Crippen LogP) is 4.14. The fraction of sp³-hybridized carbons (Fsp3) is 0.320. The Hall–Kier alpha value is -3.72. The van der Waals surface area contributed by atoms with Gasteiger partial charge in [-0.2, -0.15) is 0 Å². The second kappa shape index (κ2) is 11.6. The lowest BCUT2D eigenvalue weighted by Crippen LogP contribution is -2.25. The Morgan fingerprint density at radius 3 is 2.51 bits per heavy atom. The fourth-order valence-corrected chi connectivity index (χ4v) is 3.86. The molecule has 0 spiro atoms. The van der Waals surface area contributed by atoms with Gasteiger partial charge in [0.1, 0.15) is 17.6 Å². The molecule has 1 aliphatic rings. The molecule has 0 saturated carbocycles. The summed E-state index contributed by atoms with van der Waals surface area (Å²) in [4.78, 5) is 28.4. The third-order valence-electron chi connectivity index (χ3n) is 5.13. The van der Waals surface area contributed by atoms with Crippen LogP contribution in [-0.4, -0.2) is 50.6 Å². The highest BCUT2D eigenvalue weighted by Gasteiger charge is 2.30. The number of fused-ring (bicyclic) bond motifs is 3. The second-order valence-electron chi connectivity index (χ2n) is 7.46. The third kappa shape index (κ3) is 5.86. The summed E-state index contributed by atoms with van der Waals surface area (Å²) in [6.45, 7) is 7.72. The van der Waals surface area contributed by atoms with Gasteiger partial charge in [-0.25, -0.2) is 4.79 Å². The van der Waals surface area contributed by atoms with E-state index in [9.17, 15) is 9.59 Å². The number of carboxylic acids is 1. The first-order valence-electron chi connectivity index (χ1n) is 11.4. The van der Waals surface area contributed by atoms with E-state index in [1.807, 2.05) is 50.5 Å². The lowest BCUT2D eigenvalue weighted by Gasteiger charge is -2.14. The van der Waals surface area contributed by atoms with Crippen molar-refractivity contribution in [2.75, 3.05) is 13.2 Å². The van der Waals surface area contributed by atoms with E-state index in [-0.39, 0.29) is 12.3 Å². The van der Waals surface area contributed by atoms with Crippen molar-refractivity contribution in [3.63, 3.8) is 0 Å². The molecule has 2 N–H and O–H groups in total. The van der Waals surface area contributed by atoms with Crippen LogP contribution in [0.25, 0.3) is 5.69 Å². The number of carbonyl (C=O) groups is 2. The van der Waals surface area contributed by atoms with E-state index in [4.69, 9.17) is 26.4 Å². The number of aliphatic imine (C=N–C) groups is 1. The van der Waals surface area contributed by atoms with Gasteiger partial charge >= 0.3 is 5.97 Å². The predicted molar refractivity (Wildman–Crippen MR) is 134 cm³/mol. The Morgan fingerprint density at radius 2 is 1.86 bits per heavy atom. The number of amides is 1. The van der Waals surface area contributed by atoms with Crippen molar-refractivity contribution < 1.29 is 19.4 Å². The molecule has 4 rings (SSSR count). The molecule has 2 heterocycles. The van der Waals surface area contributed by atoms with Crippen molar-refractivity contribution in [2.24, 2.45) is 4.99 Å². The highest BCUT2D eigenvalue weighted by molar-refractivity contribution is 6.30. The lowest BCUT2D eigenvalue weighted by atomic mass is 10.00. The number of nitrogens with one attached hydrogen (secondary N) is 1. The van der Waals surface area contributed by atoms with Crippen LogP contribution in [0.2, 0.25) is 5.02 Å². The standard InChI is InChI=1S/C23H22ClN5O4.C2H6/c1-3-25-20(30)11-18-23-28-27-13(2)29(23)19-9-8-16(33-12-21(31)32)10-17(19)22(26-18)14-4-6-15(24)7-5-14;1-2/h4-10,18H,3,11-12H2,1-2H3,(H,25,30)(H,31,32);1-2H3. The molecule has 1 amide bonds. The van der Waals surface area contributed by atoms with Gasteiger partial charge in [0.05, 0.1) is 17.8 Å². The maximum Gasteiger partial charge on any atom is 0.341 e. The number of rotatable bonds is 7. The number of halogens is 1. The topological polar surface area (TPSA) is 119 Å². The van der Waals surface area contributed by atoms with Crippen LogP contribution in [0.3, 0.4) is 0 Å². The molecule has 3 aromatic rings. The van der Waals surface area contributed by atoms with E-state index in [0.717, 1.165) is 11.3 Å². The minimum Gasteiger partial charge on any atom is -0.482 e. The summed E-state index contributed by atoms with van der Waals surface area (Å²) in [6, 6.07) is 11.9. The number of hydrogen-bond donors (Lipinski definition) is 2. The molecule has 0 radical (unpaired) electrons. The number of carboxylic acid groups (broad SMARTS) is 1. The van der Waals surface area contributed by atoms with Gasteiger partial charge in [-0.05, 0) is 44.2 Å². The van der Waals surface area contributed by atoms with E-state index < -0.39 is 18.6 Å². The molecular weight excluding hydrogens is 470 g/mol. The number of aryl methyl sites for hydroxylation is 1. The van der Waals surface area contributed by atoms with Gasteiger partial charge in [0.25, 0.3) is 0 Å². The molecule has 0 bridgehead atoms. The quantitative estimate of drug-likeness (QED) is 0.506. The maximum atomic E-state index is 12.5. The number of nitrogens with zero attached hydrogens (tertiary/aromatic N) is 4. The van der Waals surface area contributed by atoms with Crippen LogP contribution >= 0.6 is 11.6 Å². The lowest BCUT2D eigenvalue weighted by molar-refractivity contribution is -0.139. The molecule has 2 aromatic carbocycles. The third-order valence-corrected chi connectivity index (χ3v) is 5.38. The molecule has 1 aromatic heterocycles. The Bertz CT molecular complexity index is 1240. The molecule has 1 aliphatic heterocycles. The summed E-state index contributed by atoms with van der Waals surface area (Å²) in [5, 5.41) is 20.9. The molecule has 0 fully saturated rings. The average Bonchev–Trinajstić information content (AvgIpc) is 3.17. The number of aliphatic carboxylic acids is 1. The van der Waals surface area contributed by atoms with E-state index in [1.165, 1.54) is 0 Å². The van der Waals surface area contributed by atoms with Crippen LogP contribution in [0, 0.1) is 6.92 Å². The molecule has 1 atom stereocenters. The zero-order chi connectivity index (χ0) is 25.5. The summed E-state index contributed by atoms with van der Waals surface area (Å²) in [6.07, 6.45) is 0.0966. The van der Waals surface area contributed by atoms with Crippen molar-refractivity contribution in [1.82, 2.24) is 20.1 Å². The first-order chi connectivity index (χ1) is 16.9. The van der Waals surface area contributed by atoms with Gasteiger partial charge in [0.2, 0.25) is 5.91 Å². The Kier molecular flexibility index (Phi) is 8.59. The highest BCUT2D eigenvalue weighted by atomic mass is 35.5. The van der Waals surface area contributed by atoms with E-state index in [2.05, 4.69) is 15.5 Å². The Labute approximate surface area is 208 Å². The molecule has 0 aliphatic carbocycles. The van der Waals surface area contributed by atoms with Crippen molar-refractivity contribution >= 4 is 29.2 Å². The van der Waals surface area contributed by atoms with Crippen molar-refractivity contribution in [2.45, 2.75) is 40.2 Å². The second-order valence-corrected chi connectivity index (χ2v) is 7.90. The van der Waals surface area contributed by atoms with Crippen molar-refractivity contribution in [3.05, 3.63) is 70.3 Å². The first kappa shape index (κ1) is 25.9. The number of hydrogen-bond acceptors (Lipinski definition) is 6. The monoisotopic (exact) mass is 497 g/mol. The van der Waals surface area contributed by atoms with Crippen molar-refractivity contribution in [1.29, 1.82) is 0 Å². The molecule has 184 valence electrons. The van der Waals surface area contributed by atoms with Gasteiger partial charge in [0, 0.05) is 22.7 Å². The normalized spacial score (nSPS) is 13.9. The number of carbonyl (C=O) groups excluding carboxylic acids is 1. The van der Waals surface area contributed by atoms with Gasteiger partial charge < -0.3 is 15.2 Å². The van der Waals surface area contributed by atoms with Gasteiger partial charge in [-0.15, -0.1) is 10.2 Å². The zero-order valence-electron chi connectivity index (χ0n) is 20.1. The van der Waals surface area contributed by atoms with Crippen LogP contribution in [0.4, 0.5) is 0 Å². The van der Waals surface area contributed by atoms with Crippen LogP contribution < -0.4 is 10.1 Å². The van der Waals surface area contributed by atoms with Crippen LogP contribution in [-0.2, 0) is 9.59 Å². The zero-order valence-corrected chi connectivity index (χ0v) is 20.8. The number of aromatic nitrogens is 3. The Balaban J connectivity index is 0.00000167. The van der Waals surface area contributed by atoms with Crippen molar-refractivity contribution in [3.8, 4) is 11.4 Å².